The summed E-state index contributed by atoms with van der Waals surface area (Å²) >= 11 is 0. The zero-order valence-corrected chi connectivity index (χ0v) is 6.42. The molecule has 0 spiro atoms. The SMILES string of the molecule is O=c1cc(CO)c(O)c(C(F)F)[nH]1. The Morgan fingerprint density at radius 3 is 2.62 bits per heavy atom. The van der Waals surface area contributed by atoms with Gasteiger partial charge in [-0.2, -0.15) is 0 Å². The average Bonchev–Trinajstić information content (AvgIpc) is 2.08. The van der Waals surface area contributed by atoms with Gasteiger partial charge < -0.3 is 15.2 Å². The molecule has 0 unspecified atom stereocenters. The second kappa shape index (κ2) is 3.53. The third-order valence-corrected chi connectivity index (χ3v) is 1.51. The van der Waals surface area contributed by atoms with Crippen molar-refractivity contribution in [3.63, 3.8) is 0 Å². The highest BCUT2D eigenvalue weighted by Crippen LogP contribution is 2.27. The van der Waals surface area contributed by atoms with Gasteiger partial charge in [-0.3, -0.25) is 4.79 Å². The molecule has 0 bridgehead atoms. The van der Waals surface area contributed by atoms with Crippen molar-refractivity contribution in [1.82, 2.24) is 4.98 Å². The maximum atomic E-state index is 12.1. The third-order valence-electron chi connectivity index (χ3n) is 1.51. The molecule has 1 aromatic heterocycles. The van der Waals surface area contributed by atoms with Gasteiger partial charge in [0.1, 0.15) is 11.4 Å². The number of halogens is 2. The molecule has 72 valence electrons. The van der Waals surface area contributed by atoms with Crippen molar-refractivity contribution >= 4 is 0 Å². The highest BCUT2D eigenvalue weighted by atomic mass is 19.3. The van der Waals surface area contributed by atoms with Gasteiger partial charge in [0, 0.05) is 11.6 Å². The van der Waals surface area contributed by atoms with Crippen LogP contribution < -0.4 is 5.56 Å². The van der Waals surface area contributed by atoms with E-state index < -0.39 is 30.0 Å². The lowest BCUT2D eigenvalue weighted by atomic mass is 10.2. The van der Waals surface area contributed by atoms with Crippen molar-refractivity contribution in [1.29, 1.82) is 0 Å². The van der Waals surface area contributed by atoms with Crippen LogP contribution in [0, 0.1) is 0 Å². The summed E-state index contributed by atoms with van der Waals surface area (Å²) in [6.45, 7) is -0.657. The van der Waals surface area contributed by atoms with Crippen molar-refractivity contribution in [2.24, 2.45) is 0 Å². The largest absolute Gasteiger partial charge is 0.506 e. The van der Waals surface area contributed by atoms with E-state index in [1.54, 1.807) is 4.98 Å². The topological polar surface area (TPSA) is 73.3 Å². The number of aromatic hydroxyl groups is 1. The van der Waals surface area contributed by atoms with Crippen LogP contribution in [-0.4, -0.2) is 15.2 Å². The summed E-state index contributed by atoms with van der Waals surface area (Å²) in [5.74, 6) is -0.767. The van der Waals surface area contributed by atoms with Gasteiger partial charge in [0.2, 0.25) is 5.56 Å². The van der Waals surface area contributed by atoms with Crippen molar-refractivity contribution in [3.05, 3.63) is 27.7 Å². The first-order valence-electron chi connectivity index (χ1n) is 3.40. The molecule has 0 atom stereocenters. The van der Waals surface area contributed by atoms with E-state index in [0.29, 0.717) is 0 Å². The molecule has 3 N–H and O–H groups in total. The summed E-state index contributed by atoms with van der Waals surface area (Å²) < 4.78 is 24.2. The van der Waals surface area contributed by atoms with E-state index in [-0.39, 0.29) is 5.56 Å². The first-order chi connectivity index (χ1) is 6.06. The molecule has 6 heteroatoms. The van der Waals surface area contributed by atoms with Gasteiger partial charge in [0.15, 0.2) is 0 Å². The number of hydrogen-bond donors (Lipinski definition) is 3. The molecular formula is C7H7F2NO3. The Kier molecular flexibility index (Phi) is 2.62. The number of aliphatic hydroxyl groups is 1. The molecule has 1 heterocycles. The van der Waals surface area contributed by atoms with E-state index in [2.05, 4.69) is 0 Å². The molecule has 0 aliphatic carbocycles. The molecule has 0 aromatic carbocycles. The van der Waals surface area contributed by atoms with Crippen molar-refractivity contribution in [2.45, 2.75) is 13.0 Å². The van der Waals surface area contributed by atoms with Gasteiger partial charge in [-0.1, -0.05) is 0 Å². The molecule has 1 aromatic rings. The highest BCUT2D eigenvalue weighted by molar-refractivity contribution is 5.35. The van der Waals surface area contributed by atoms with Gasteiger partial charge in [-0.05, 0) is 0 Å². The molecule has 0 aliphatic heterocycles. The summed E-state index contributed by atoms with van der Waals surface area (Å²) in [6.07, 6.45) is -2.97. The molecule has 0 fully saturated rings. The number of aliphatic hydroxyl groups excluding tert-OH is 1. The minimum atomic E-state index is -2.97. The van der Waals surface area contributed by atoms with Crippen molar-refractivity contribution in [2.75, 3.05) is 0 Å². The molecule has 0 saturated heterocycles. The van der Waals surface area contributed by atoms with Crippen molar-refractivity contribution in [3.8, 4) is 5.75 Å². The van der Waals surface area contributed by atoms with Gasteiger partial charge in [0.05, 0.1) is 6.61 Å². The van der Waals surface area contributed by atoms with Gasteiger partial charge in [0.25, 0.3) is 6.43 Å². The smallest absolute Gasteiger partial charge is 0.282 e. The van der Waals surface area contributed by atoms with Crippen LogP contribution in [-0.2, 0) is 6.61 Å². The summed E-state index contributed by atoms with van der Waals surface area (Å²) in [6, 6.07) is 0.862. The van der Waals surface area contributed by atoms with Crippen LogP contribution in [0.5, 0.6) is 5.75 Å². The van der Waals surface area contributed by atoms with E-state index in [0.717, 1.165) is 6.07 Å². The number of nitrogens with one attached hydrogen (secondary N) is 1. The second-order valence-corrected chi connectivity index (χ2v) is 2.38. The second-order valence-electron chi connectivity index (χ2n) is 2.38. The zero-order chi connectivity index (χ0) is 10.0. The van der Waals surface area contributed by atoms with Crippen LogP contribution in [0.4, 0.5) is 8.78 Å². The predicted octanol–water partition coefficient (Wildman–Crippen LogP) is 0.510. The molecule has 1 rings (SSSR count). The third kappa shape index (κ3) is 1.83. The summed E-state index contributed by atoms with van der Waals surface area (Å²) in [7, 11) is 0. The van der Waals surface area contributed by atoms with Crippen LogP contribution in [0.1, 0.15) is 17.7 Å². The lowest BCUT2D eigenvalue weighted by molar-refractivity contribution is 0.140. The van der Waals surface area contributed by atoms with Gasteiger partial charge in [-0.25, -0.2) is 8.78 Å². The van der Waals surface area contributed by atoms with E-state index in [9.17, 15) is 13.6 Å². The quantitative estimate of drug-likeness (QED) is 0.637. The zero-order valence-electron chi connectivity index (χ0n) is 6.42. The molecular weight excluding hydrogens is 184 g/mol. The Morgan fingerprint density at radius 1 is 1.54 bits per heavy atom. The lowest BCUT2D eigenvalue weighted by Crippen LogP contribution is -2.10. The maximum absolute atomic E-state index is 12.1. The van der Waals surface area contributed by atoms with Crippen LogP contribution in [0.15, 0.2) is 10.9 Å². The minimum absolute atomic E-state index is 0.209. The Bertz CT molecular complexity index is 361. The molecule has 4 nitrogen and oxygen atoms in total. The fourth-order valence-corrected chi connectivity index (χ4v) is 0.906. The Labute approximate surface area is 71.5 Å². The standard InChI is InChI=1S/C7H7F2NO3/c8-7(9)5-6(13)3(2-11)1-4(12)10-5/h1,7,11,13H,2H2,(H,10,12). The fourth-order valence-electron chi connectivity index (χ4n) is 0.906. The van der Waals surface area contributed by atoms with Crippen LogP contribution in [0.25, 0.3) is 0 Å². The van der Waals surface area contributed by atoms with Crippen LogP contribution in [0.2, 0.25) is 0 Å². The average molecular weight is 191 g/mol. The van der Waals surface area contributed by atoms with Gasteiger partial charge >= 0.3 is 0 Å². The summed E-state index contributed by atoms with van der Waals surface area (Å²) in [5, 5.41) is 17.7. The minimum Gasteiger partial charge on any atom is -0.506 e. The first-order valence-corrected chi connectivity index (χ1v) is 3.40. The monoisotopic (exact) mass is 191 g/mol. The normalized spacial score (nSPS) is 10.8. The summed E-state index contributed by atoms with van der Waals surface area (Å²) in [4.78, 5) is 12.5. The first kappa shape index (κ1) is 9.66. The van der Waals surface area contributed by atoms with E-state index in [1.807, 2.05) is 0 Å². The highest BCUT2D eigenvalue weighted by Gasteiger charge is 2.16. The maximum Gasteiger partial charge on any atom is 0.282 e. The van der Waals surface area contributed by atoms with E-state index in [4.69, 9.17) is 10.2 Å². The molecule has 0 amide bonds. The summed E-state index contributed by atoms with van der Waals surface area (Å²) in [5.41, 5.74) is -1.85. The lowest BCUT2D eigenvalue weighted by Gasteiger charge is -2.05. The number of rotatable bonds is 2. The Morgan fingerprint density at radius 2 is 2.15 bits per heavy atom. The van der Waals surface area contributed by atoms with Crippen LogP contribution >= 0.6 is 0 Å². The number of H-pyrrole nitrogens is 1. The number of aromatic amines is 1. The molecule has 0 saturated carbocycles. The van der Waals surface area contributed by atoms with E-state index in [1.165, 1.54) is 0 Å². The predicted molar refractivity (Wildman–Crippen MR) is 39.6 cm³/mol. The van der Waals surface area contributed by atoms with Crippen LogP contribution in [0.3, 0.4) is 0 Å². The number of hydrogen-bond acceptors (Lipinski definition) is 3. The Hall–Kier alpha value is -1.43. The van der Waals surface area contributed by atoms with Gasteiger partial charge in [-0.15, -0.1) is 0 Å². The van der Waals surface area contributed by atoms with E-state index >= 15 is 0 Å². The molecule has 0 radical (unpaired) electrons. The molecule has 0 aliphatic rings. The number of alkyl halides is 2. The molecule has 13 heavy (non-hydrogen) atoms. The number of aromatic nitrogens is 1. The number of pyridine rings is 1. The Balaban J connectivity index is 3.36. The fraction of sp³-hybridized carbons (Fsp3) is 0.286. The van der Waals surface area contributed by atoms with Crippen molar-refractivity contribution < 1.29 is 19.0 Å².